The van der Waals surface area contributed by atoms with Gasteiger partial charge in [-0.3, -0.25) is 9.69 Å². The minimum atomic E-state index is -0.292. The molecule has 1 aliphatic rings. The number of amides is 3. The van der Waals surface area contributed by atoms with Crippen molar-refractivity contribution in [3.05, 3.63) is 59.7 Å². The molecule has 118 valence electrons. The van der Waals surface area contributed by atoms with E-state index in [1.165, 1.54) is 9.80 Å². The highest BCUT2D eigenvalue weighted by Gasteiger charge is 2.36. The SMILES string of the molecule is Cc1ccc(N2CC(=O)N(CNc3ccccc3C)C2=O)cc1. The molecule has 5 nitrogen and oxygen atoms in total. The average Bonchev–Trinajstić information content (AvgIpc) is 2.82. The van der Waals surface area contributed by atoms with E-state index < -0.39 is 0 Å². The van der Waals surface area contributed by atoms with Crippen LogP contribution in [0.3, 0.4) is 0 Å². The molecule has 0 saturated carbocycles. The highest BCUT2D eigenvalue weighted by Crippen LogP contribution is 2.22. The standard InChI is InChI=1S/C18H19N3O2/c1-13-7-9-15(10-8-13)20-11-17(22)21(18(20)23)12-19-16-6-4-3-5-14(16)2/h3-10,19H,11-12H2,1-2H3. The highest BCUT2D eigenvalue weighted by molar-refractivity contribution is 6.12. The second-order valence-corrected chi connectivity index (χ2v) is 5.68. The van der Waals surface area contributed by atoms with E-state index in [-0.39, 0.29) is 25.2 Å². The Bertz CT molecular complexity index is 740. The molecule has 2 aromatic rings. The minimum absolute atomic E-state index is 0.0807. The summed E-state index contributed by atoms with van der Waals surface area (Å²) >= 11 is 0. The Morgan fingerprint density at radius 3 is 2.39 bits per heavy atom. The van der Waals surface area contributed by atoms with Gasteiger partial charge in [-0.15, -0.1) is 0 Å². The van der Waals surface area contributed by atoms with Crippen LogP contribution in [-0.4, -0.2) is 30.1 Å². The van der Waals surface area contributed by atoms with Crippen LogP contribution >= 0.6 is 0 Å². The lowest BCUT2D eigenvalue weighted by atomic mass is 10.2. The summed E-state index contributed by atoms with van der Waals surface area (Å²) < 4.78 is 0. The lowest BCUT2D eigenvalue weighted by Crippen LogP contribution is -2.36. The van der Waals surface area contributed by atoms with Crippen molar-refractivity contribution in [2.24, 2.45) is 0 Å². The van der Waals surface area contributed by atoms with E-state index in [9.17, 15) is 9.59 Å². The third-order valence-electron chi connectivity index (χ3n) is 3.97. The van der Waals surface area contributed by atoms with E-state index in [1.54, 1.807) is 0 Å². The molecular weight excluding hydrogens is 290 g/mol. The van der Waals surface area contributed by atoms with E-state index in [4.69, 9.17) is 0 Å². The van der Waals surface area contributed by atoms with Crippen molar-refractivity contribution in [3.63, 3.8) is 0 Å². The van der Waals surface area contributed by atoms with E-state index >= 15 is 0 Å². The molecule has 0 radical (unpaired) electrons. The number of carbonyl (C=O) groups is 2. The van der Waals surface area contributed by atoms with Gasteiger partial charge in [-0.05, 0) is 37.6 Å². The number of aryl methyl sites for hydroxylation is 2. The molecule has 23 heavy (non-hydrogen) atoms. The third-order valence-corrected chi connectivity index (χ3v) is 3.97. The molecular formula is C18H19N3O2. The zero-order chi connectivity index (χ0) is 16.4. The van der Waals surface area contributed by atoms with Crippen LogP contribution in [0.1, 0.15) is 11.1 Å². The number of benzene rings is 2. The van der Waals surface area contributed by atoms with Gasteiger partial charge < -0.3 is 5.32 Å². The number of rotatable bonds is 4. The number of anilines is 2. The normalized spacial score (nSPS) is 14.5. The van der Waals surface area contributed by atoms with E-state index in [0.29, 0.717) is 0 Å². The number of nitrogens with one attached hydrogen (secondary N) is 1. The molecule has 0 aliphatic carbocycles. The van der Waals surface area contributed by atoms with Crippen LogP contribution in [0, 0.1) is 13.8 Å². The maximum absolute atomic E-state index is 12.5. The van der Waals surface area contributed by atoms with Gasteiger partial charge in [0.1, 0.15) is 6.54 Å². The predicted octanol–water partition coefficient (Wildman–Crippen LogP) is 3.14. The summed E-state index contributed by atoms with van der Waals surface area (Å²) in [6, 6.07) is 15.1. The Kier molecular flexibility index (Phi) is 4.02. The molecule has 1 saturated heterocycles. The van der Waals surface area contributed by atoms with Crippen LogP contribution in [0.25, 0.3) is 0 Å². The Hall–Kier alpha value is -2.82. The van der Waals surface area contributed by atoms with Gasteiger partial charge in [-0.1, -0.05) is 35.9 Å². The molecule has 0 bridgehead atoms. The first-order chi connectivity index (χ1) is 11.1. The second-order valence-electron chi connectivity index (χ2n) is 5.68. The quantitative estimate of drug-likeness (QED) is 0.883. The van der Waals surface area contributed by atoms with E-state index in [2.05, 4.69) is 5.32 Å². The first kappa shape index (κ1) is 15.1. The molecule has 1 N–H and O–H groups in total. The summed E-state index contributed by atoms with van der Waals surface area (Å²) in [6.45, 7) is 4.22. The summed E-state index contributed by atoms with van der Waals surface area (Å²) in [5.74, 6) is -0.198. The molecule has 0 atom stereocenters. The maximum Gasteiger partial charge on any atom is 0.333 e. The second kappa shape index (κ2) is 6.12. The number of hydrogen-bond donors (Lipinski definition) is 1. The third kappa shape index (κ3) is 3.04. The Morgan fingerprint density at radius 2 is 1.70 bits per heavy atom. The zero-order valence-electron chi connectivity index (χ0n) is 13.2. The highest BCUT2D eigenvalue weighted by atomic mass is 16.2. The Morgan fingerprint density at radius 1 is 1.00 bits per heavy atom. The van der Waals surface area contributed by atoms with Gasteiger partial charge in [0.2, 0.25) is 0 Å². The number of carbonyl (C=O) groups excluding carboxylic acids is 2. The zero-order valence-corrected chi connectivity index (χ0v) is 13.2. The van der Waals surface area contributed by atoms with Crippen molar-refractivity contribution in [2.45, 2.75) is 13.8 Å². The average molecular weight is 309 g/mol. The summed E-state index contributed by atoms with van der Waals surface area (Å²) in [6.07, 6.45) is 0. The van der Waals surface area contributed by atoms with Crippen LogP contribution in [0.15, 0.2) is 48.5 Å². The topological polar surface area (TPSA) is 52.7 Å². The van der Waals surface area contributed by atoms with Crippen LogP contribution in [0.2, 0.25) is 0 Å². The summed E-state index contributed by atoms with van der Waals surface area (Å²) in [5, 5.41) is 3.15. The molecule has 1 heterocycles. The monoisotopic (exact) mass is 309 g/mol. The van der Waals surface area contributed by atoms with Gasteiger partial charge in [-0.25, -0.2) is 9.69 Å². The van der Waals surface area contributed by atoms with Crippen molar-refractivity contribution in [2.75, 3.05) is 23.4 Å². The van der Waals surface area contributed by atoms with Gasteiger partial charge in [0.25, 0.3) is 5.91 Å². The van der Waals surface area contributed by atoms with Crippen LogP contribution in [-0.2, 0) is 4.79 Å². The van der Waals surface area contributed by atoms with Crippen molar-refractivity contribution < 1.29 is 9.59 Å². The van der Waals surface area contributed by atoms with Gasteiger partial charge in [0, 0.05) is 11.4 Å². The molecule has 5 heteroatoms. The fraction of sp³-hybridized carbons (Fsp3) is 0.222. The van der Waals surface area contributed by atoms with Crippen molar-refractivity contribution >= 4 is 23.3 Å². The van der Waals surface area contributed by atoms with Gasteiger partial charge >= 0.3 is 6.03 Å². The van der Waals surface area contributed by atoms with Crippen LogP contribution in [0.4, 0.5) is 16.2 Å². The van der Waals surface area contributed by atoms with Crippen molar-refractivity contribution in [1.82, 2.24) is 4.90 Å². The first-order valence-corrected chi connectivity index (χ1v) is 7.54. The number of hydrogen-bond acceptors (Lipinski definition) is 3. The summed E-state index contributed by atoms with van der Waals surface area (Å²) in [4.78, 5) is 27.4. The minimum Gasteiger partial charge on any atom is -0.367 e. The van der Waals surface area contributed by atoms with E-state index in [1.807, 2.05) is 62.4 Å². The number of urea groups is 1. The molecule has 3 amide bonds. The van der Waals surface area contributed by atoms with E-state index in [0.717, 1.165) is 22.5 Å². The Balaban J connectivity index is 1.71. The van der Waals surface area contributed by atoms with Gasteiger partial charge in [-0.2, -0.15) is 0 Å². The lowest BCUT2D eigenvalue weighted by Gasteiger charge is -2.18. The van der Waals surface area contributed by atoms with Crippen LogP contribution < -0.4 is 10.2 Å². The molecule has 0 aromatic heterocycles. The van der Waals surface area contributed by atoms with Crippen molar-refractivity contribution in [1.29, 1.82) is 0 Å². The number of imide groups is 1. The number of nitrogens with zero attached hydrogens (tertiary/aromatic N) is 2. The Labute approximate surface area is 135 Å². The maximum atomic E-state index is 12.5. The lowest BCUT2D eigenvalue weighted by molar-refractivity contribution is -0.124. The molecule has 1 fully saturated rings. The fourth-order valence-electron chi connectivity index (χ4n) is 2.56. The number of para-hydroxylation sites is 1. The van der Waals surface area contributed by atoms with Crippen molar-refractivity contribution in [3.8, 4) is 0 Å². The van der Waals surface area contributed by atoms with Crippen LogP contribution in [0.5, 0.6) is 0 Å². The molecule has 1 aliphatic heterocycles. The summed E-state index contributed by atoms with van der Waals surface area (Å²) in [7, 11) is 0. The van der Waals surface area contributed by atoms with Gasteiger partial charge in [0.05, 0.1) is 6.67 Å². The smallest absolute Gasteiger partial charge is 0.333 e. The predicted molar refractivity (Wildman–Crippen MR) is 90.4 cm³/mol. The summed E-state index contributed by atoms with van der Waals surface area (Å²) in [5.41, 5.74) is 3.85. The first-order valence-electron chi connectivity index (χ1n) is 7.54. The van der Waals surface area contributed by atoms with Gasteiger partial charge in [0.15, 0.2) is 0 Å². The molecule has 2 aromatic carbocycles. The molecule has 0 spiro atoms. The molecule has 3 rings (SSSR count). The largest absolute Gasteiger partial charge is 0.367 e. The fourth-order valence-corrected chi connectivity index (χ4v) is 2.56. The molecule has 0 unspecified atom stereocenters.